The summed E-state index contributed by atoms with van der Waals surface area (Å²) in [5.41, 5.74) is 0. The van der Waals surface area contributed by atoms with E-state index in [1.54, 1.807) is 0 Å². The van der Waals surface area contributed by atoms with Crippen molar-refractivity contribution in [3.05, 3.63) is 0 Å². The molecular formula is C10H16MgN2O8. The average Bonchev–Trinajstić information content (AvgIpc) is 2.22. The van der Waals surface area contributed by atoms with Crippen LogP contribution in [-0.4, -0.2) is 70.5 Å². The lowest BCUT2D eigenvalue weighted by Crippen LogP contribution is -2.38. The summed E-state index contributed by atoms with van der Waals surface area (Å²) in [5, 5.41) is 1.15. The van der Waals surface area contributed by atoms with Crippen LogP contribution in [-0.2, 0) is 38.5 Å². The van der Waals surface area contributed by atoms with Crippen molar-refractivity contribution >= 4 is 46.9 Å². The summed E-state index contributed by atoms with van der Waals surface area (Å²) in [7, 11) is 0. The smallest absolute Gasteiger partial charge is 0.326 e. The first kappa shape index (κ1) is 21.9. The Morgan fingerprint density at radius 2 is 0.810 bits per heavy atom. The monoisotopic (exact) mass is 316 g/mol. The van der Waals surface area contributed by atoms with Crippen LogP contribution >= 0.6 is 0 Å². The molecule has 0 aromatic rings. The van der Waals surface area contributed by atoms with Gasteiger partial charge >= 0.3 is 23.9 Å². The van der Waals surface area contributed by atoms with E-state index in [0.717, 1.165) is 27.7 Å². The van der Waals surface area contributed by atoms with Crippen molar-refractivity contribution in [1.82, 2.24) is 10.5 Å². The van der Waals surface area contributed by atoms with E-state index in [2.05, 4.69) is 19.4 Å². The second-order valence-corrected chi connectivity index (χ2v) is 3.44. The van der Waals surface area contributed by atoms with Crippen LogP contribution in [0.15, 0.2) is 0 Å². The Balaban J connectivity index is 0. The van der Waals surface area contributed by atoms with Gasteiger partial charge in [0, 0.05) is 61.2 Å². The van der Waals surface area contributed by atoms with Crippen molar-refractivity contribution in [2.45, 2.75) is 27.7 Å². The minimum atomic E-state index is -0.724. The van der Waals surface area contributed by atoms with Crippen molar-refractivity contribution in [2.24, 2.45) is 0 Å². The van der Waals surface area contributed by atoms with E-state index >= 15 is 0 Å². The van der Waals surface area contributed by atoms with Crippen molar-refractivity contribution < 1.29 is 38.5 Å². The first-order valence-corrected chi connectivity index (χ1v) is 5.50. The molecule has 0 N–H and O–H groups in total. The van der Waals surface area contributed by atoms with Gasteiger partial charge in [0.25, 0.3) is 0 Å². The van der Waals surface area contributed by atoms with Gasteiger partial charge in [-0.2, -0.15) is 0 Å². The van der Waals surface area contributed by atoms with Crippen LogP contribution < -0.4 is 0 Å². The molecule has 0 saturated carbocycles. The number of carbonyl (C=O) groups is 4. The molecule has 0 aliphatic heterocycles. The third-order valence-electron chi connectivity index (χ3n) is 1.39. The summed E-state index contributed by atoms with van der Waals surface area (Å²) in [5.74, 6) is -2.90. The highest BCUT2D eigenvalue weighted by atomic mass is 24.3. The molecule has 116 valence electrons. The normalized spacial score (nSPS) is 9.62. The molecule has 2 radical (unpaired) electrons. The standard InChI is InChI=1S/C10H16N2O8.Mg/c1-7(13)17-11(18-8(2)14)5-6-12(19-9(3)15)20-10(4)16;/h5-6H2,1-4H3;. The molecule has 0 aromatic carbocycles. The second-order valence-electron chi connectivity index (χ2n) is 3.44. The molecule has 0 unspecified atom stereocenters. The van der Waals surface area contributed by atoms with Crippen LogP contribution in [0.4, 0.5) is 0 Å². The summed E-state index contributed by atoms with van der Waals surface area (Å²) in [6.07, 6.45) is 0. The van der Waals surface area contributed by atoms with Gasteiger partial charge in [0.05, 0.1) is 13.1 Å². The molecular weight excluding hydrogens is 300 g/mol. The number of nitrogens with zero attached hydrogens (tertiary/aromatic N) is 2. The summed E-state index contributed by atoms with van der Waals surface area (Å²) >= 11 is 0. The second kappa shape index (κ2) is 11.3. The van der Waals surface area contributed by atoms with Crippen LogP contribution in [0.1, 0.15) is 27.7 Å². The topological polar surface area (TPSA) is 112 Å². The zero-order valence-corrected chi connectivity index (χ0v) is 13.7. The van der Waals surface area contributed by atoms with E-state index in [0.29, 0.717) is 10.5 Å². The van der Waals surface area contributed by atoms with E-state index in [1.165, 1.54) is 0 Å². The van der Waals surface area contributed by atoms with Crippen molar-refractivity contribution in [1.29, 1.82) is 0 Å². The molecule has 0 aliphatic rings. The highest BCUT2D eigenvalue weighted by Crippen LogP contribution is 1.99. The fraction of sp³-hybridized carbons (Fsp3) is 0.600. The summed E-state index contributed by atoms with van der Waals surface area (Å²) in [6, 6.07) is 0. The maximum atomic E-state index is 10.8. The van der Waals surface area contributed by atoms with Gasteiger partial charge in [-0.15, -0.1) is 0 Å². The lowest BCUT2D eigenvalue weighted by atomic mass is 10.7. The van der Waals surface area contributed by atoms with Gasteiger partial charge in [0.1, 0.15) is 0 Å². The molecule has 21 heavy (non-hydrogen) atoms. The molecule has 0 aliphatic carbocycles. The zero-order chi connectivity index (χ0) is 15.7. The summed E-state index contributed by atoms with van der Waals surface area (Å²) in [6.45, 7) is 3.97. The lowest BCUT2D eigenvalue weighted by Gasteiger charge is -2.22. The molecule has 0 rings (SSSR count). The Morgan fingerprint density at radius 3 is 0.952 bits per heavy atom. The van der Waals surface area contributed by atoms with Gasteiger partial charge in [0.2, 0.25) is 0 Å². The summed E-state index contributed by atoms with van der Waals surface area (Å²) < 4.78 is 0. The van der Waals surface area contributed by atoms with Gasteiger partial charge in [-0.05, 0) is 0 Å². The average molecular weight is 317 g/mol. The third kappa shape index (κ3) is 13.3. The van der Waals surface area contributed by atoms with Crippen LogP contribution in [0.3, 0.4) is 0 Å². The van der Waals surface area contributed by atoms with Crippen molar-refractivity contribution in [3.8, 4) is 0 Å². The summed E-state index contributed by atoms with van der Waals surface area (Å²) in [4.78, 5) is 61.4. The number of hydrogen-bond acceptors (Lipinski definition) is 10. The Labute approximate surface area is 137 Å². The molecule has 0 bridgehead atoms. The first-order valence-electron chi connectivity index (χ1n) is 5.50. The van der Waals surface area contributed by atoms with E-state index in [4.69, 9.17) is 0 Å². The van der Waals surface area contributed by atoms with Crippen molar-refractivity contribution in [3.63, 3.8) is 0 Å². The Hall–Kier alpha value is -1.43. The molecule has 0 fully saturated rings. The Kier molecular flexibility index (Phi) is 11.7. The molecule has 0 heterocycles. The van der Waals surface area contributed by atoms with Crippen LogP contribution in [0.5, 0.6) is 0 Å². The van der Waals surface area contributed by atoms with Crippen LogP contribution in [0, 0.1) is 0 Å². The fourth-order valence-electron chi connectivity index (χ4n) is 0.957. The Bertz CT molecular complexity index is 321. The number of hydroxylamine groups is 4. The minimum absolute atomic E-state index is 0. The van der Waals surface area contributed by atoms with E-state index in [1.807, 2.05) is 0 Å². The van der Waals surface area contributed by atoms with Crippen molar-refractivity contribution in [2.75, 3.05) is 13.1 Å². The molecule has 0 aromatic heterocycles. The van der Waals surface area contributed by atoms with E-state index in [9.17, 15) is 19.2 Å². The molecule has 0 spiro atoms. The zero-order valence-electron chi connectivity index (χ0n) is 12.3. The van der Waals surface area contributed by atoms with E-state index in [-0.39, 0.29) is 36.1 Å². The minimum Gasteiger partial charge on any atom is -0.333 e. The number of hydrogen-bond donors (Lipinski definition) is 0. The lowest BCUT2D eigenvalue weighted by molar-refractivity contribution is -0.354. The van der Waals surface area contributed by atoms with Crippen LogP contribution in [0.25, 0.3) is 0 Å². The Morgan fingerprint density at radius 1 is 0.619 bits per heavy atom. The van der Waals surface area contributed by atoms with Gasteiger partial charge < -0.3 is 19.4 Å². The molecule has 0 atom stereocenters. The van der Waals surface area contributed by atoms with Crippen LogP contribution in [0.2, 0.25) is 0 Å². The maximum Gasteiger partial charge on any atom is 0.326 e. The first-order chi connectivity index (χ1) is 9.20. The number of rotatable bonds is 7. The SMILES string of the molecule is CC(=O)ON(CCN(OC(C)=O)OC(C)=O)OC(C)=O.[Mg]. The predicted octanol–water partition coefficient (Wildman–Crippen LogP) is -0.878. The molecule has 0 amide bonds. The largest absolute Gasteiger partial charge is 0.333 e. The quantitative estimate of drug-likeness (QED) is 0.433. The van der Waals surface area contributed by atoms with Gasteiger partial charge in [-0.1, -0.05) is 0 Å². The number of carbonyl (C=O) groups excluding carboxylic acids is 4. The molecule has 0 saturated heterocycles. The molecule has 10 nitrogen and oxygen atoms in total. The van der Waals surface area contributed by atoms with Gasteiger partial charge in [-0.25, -0.2) is 0 Å². The van der Waals surface area contributed by atoms with E-state index < -0.39 is 23.9 Å². The van der Waals surface area contributed by atoms with Gasteiger partial charge in [-0.3, -0.25) is 19.2 Å². The predicted molar refractivity (Wildman–Crippen MR) is 66.2 cm³/mol. The molecule has 11 heteroatoms. The highest BCUT2D eigenvalue weighted by Gasteiger charge is 2.18. The fourth-order valence-corrected chi connectivity index (χ4v) is 0.957. The van der Waals surface area contributed by atoms with Gasteiger partial charge in [0.15, 0.2) is 0 Å². The third-order valence-corrected chi connectivity index (χ3v) is 1.39. The maximum absolute atomic E-state index is 10.8. The highest BCUT2D eigenvalue weighted by molar-refractivity contribution is 5.75.